The highest BCUT2D eigenvalue weighted by molar-refractivity contribution is 5.69. The van der Waals surface area contributed by atoms with Gasteiger partial charge in [0, 0.05) is 18.1 Å². The van der Waals surface area contributed by atoms with E-state index in [9.17, 15) is 4.79 Å². The molecule has 23 heavy (non-hydrogen) atoms. The lowest BCUT2D eigenvalue weighted by atomic mass is 9.73. The van der Waals surface area contributed by atoms with Crippen molar-refractivity contribution >= 4 is 6.09 Å². The van der Waals surface area contributed by atoms with Crippen molar-refractivity contribution in [3.8, 4) is 0 Å². The van der Waals surface area contributed by atoms with Crippen LogP contribution >= 0.6 is 0 Å². The Labute approximate surface area is 142 Å². The maximum absolute atomic E-state index is 12.7. The van der Waals surface area contributed by atoms with E-state index in [1.807, 2.05) is 20.8 Å². The summed E-state index contributed by atoms with van der Waals surface area (Å²) < 4.78 is 5.70. The Morgan fingerprint density at radius 1 is 1.26 bits per heavy atom. The fourth-order valence-electron chi connectivity index (χ4n) is 4.06. The molecule has 1 N–H and O–H groups in total. The Kier molecular flexibility index (Phi) is 5.99. The van der Waals surface area contributed by atoms with Gasteiger partial charge in [-0.1, -0.05) is 33.1 Å². The van der Waals surface area contributed by atoms with E-state index in [4.69, 9.17) is 4.74 Å². The second-order valence-electron chi connectivity index (χ2n) is 8.91. The molecule has 0 radical (unpaired) electrons. The minimum atomic E-state index is -0.417. The predicted octanol–water partition coefficient (Wildman–Crippen LogP) is 4.33. The summed E-state index contributed by atoms with van der Waals surface area (Å²) >= 11 is 0. The first-order chi connectivity index (χ1) is 10.7. The van der Waals surface area contributed by atoms with Gasteiger partial charge in [0.25, 0.3) is 0 Å². The summed E-state index contributed by atoms with van der Waals surface area (Å²) in [5, 5.41) is 3.72. The van der Waals surface area contributed by atoms with E-state index in [1.54, 1.807) is 0 Å². The number of hydrogen-bond donors (Lipinski definition) is 1. The van der Waals surface area contributed by atoms with Gasteiger partial charge in [0.2, 0.25) is 0 Å². The Morgan fingerprint density at radius 3 is 2.48 bits per heavy atom. The Balaban J connectivity index is 2.08. The minimum absolute atomic E-state index is 0.0213. The largest absolute Gasteiger partial charge is 0.444 e. The van der Waals surface area contributed by atoms with Gasteiger partial charge in [0.15, 0.2) is 0 Å². The van der Waals surface area contributed by atoms with E-state index in [1.165, 1.54) is 19.3 Å². The SMILES string of the molecule is CC(C)CNC1CCN(C(=O)OC(C)(C)C)C2(CCCCC2)C1. The van der Waals surface area contributed by atoms with Crippen molar-refractivity contribution in [1.82, 2.24) is 10.2 Å². The number of nitrogens with one attached hydrogen (secondary N) is 1. The monoisotopic (exact) mass is 324 g/mol. The molecule has 1 unspecified atom stereocenters. The zero-order chi connectivity index (χ0) is 17.1. The van der Waals surface area contributed by atoms with Crippen LogP contribution in [0.4, 0.5) is 4.79 Å². The fraction of sp³-hybridized carbons (Fsp3) is 0.947. The number of likely N-dealkylation sites (tertiary alicyclic amines) is 1. The average molecular weight is 325 g/mol. The van der Waals surface area contributed by atoms with Crippen molar-refractivity contribution in [2.45, 2.75) is 96.7 Å². The smallest absolute Gasteiger partial charge is 0.410 e. The molecule has 0 aromatic heterocycles. The summed E-state index contributed by atoms with van der Waals surface area (Å²) in [4.78, 5) is 14.8. The third kappa shape index (κ3) is 5.10. The van der Waals surface area contributed by atoms with Crippen LogP contribution in [-0.2, 0) is 4.74 Å². The third-order valence-electron chi connectivity index (χ3n) is 5.11. The average Bonchev–Trinajstić information content (AvgIpc) is 2.44. The first-order valence-electron chi connectivity index (χ1n) is 9.46. The summed E-state index contributed by atoms with van der Waals surface area (Å²) in [6.07, 6.45) is 8.03. The summed E-state index contributed by atoms with van der Waals surface area (Å²) in [5.41, 5.74) is -0.396. The normalized spacial score (nSPS) is 25.0. The number of carbonyl (C=O) groups excluding carboxylic acids is 1. The predicted molar refractivity (Wildman–Crippen MR) is 94.6 cm³/mol. The molecule has 4 nitrogen and oxygen atoms in total. The van der Waals surface area contributed by atoms with E-state index in [0.717, 1.165) is 38.8 Å². The summed E-state index contributed by atoms with van der Waals surface area (Å²) in [7, 11) is 0. The molecule has 1 spiro atoms. The molecule has 2 rings (SSSR count). The summed E-state index contributed by atoms with van der Waals surface area (Å²) in [6.45, 7) is 12.2. The summed E-state index contributed by atoms with van der Waals surface area (Å²) in [6, 6.07) is 0.536. The van der Waals surface area contributed by atoms with Crippen LogP contribution in [0.3, 0.4) is 0 Å². The third-order valence-corrected chi connectivity index (χ3v) is 5.11. The molecule has 0 aromatic rings. The van der Waals surface area contributed by atoms with Crippen molar-refractivity contribution < 1.29 is 9.53 Å². The lowest BCUT2D eigenvalue weighted by Gasteiger charge is -2.51. The maximum Gasteiger partial charge on any atom is 0.410 e. The molecule has 1 aliphatic heterocycles. The number of ether oxygens (including phenoxy) is 1. The lowest BCUT2D eigenvalue weighted by Crippen LogP contribution is -2.61. The molecule has 2 aliphatic rings. The molecule has 0 aromatic carbocycles. The van der Waals surface area contributed by atoms with Gasteiger partial charge in [-0.05, 0) is 58.9 Å². The van der Waals surface area contributed by atoms with E-state index in [0.29, 0.717) is 12.0 Å². The van der Waals surface area contributed by atoms with Gasteiger partial charge in [-0.15, -0.1) is 0 Å². The number of hydrogen-bond acceptors (Lipinski definition) is 3. The maximum atomic E-state index is 12.7. The molecule has 0 bridgehead atoms. The first-order valence-corrected chi connectivity index (χ1v) is 9.46. The second kappa shape index (κ2) is 7.42. The van der Waals surface area contributed by atoms with E-state index >= 15 is 0 Å². The Morgan fingerprint density at radius 2 is 1.91 bits per heavy atom. The zero-order valence-electron chi connectivity index (χ0n) is 15.8. The van der Waals surface area contributed by atoms with Crippen LogP contribution in [-0.4, -0.2) is 41.3 Å². The van der Waals surface area contributed by atoms with Gasteiger partial charge in [-0.2, -0.15) is 0 Å². The van der Waals surface area contributed by atoms with Crippen LogP contribution in [0.2, 0.25) is 0 Å². The molecule has 1 heterocycles. The van der Waals surface area contributed by atoms with Gasteiger partial charge >= 0.3 is 6.09 Å². The van der Waals surface area contributed by atoms with Crippen molar-refractivity contribution in [2.24, 2.45) is 5.92 Å². The topological polar surface area (TPSA) is 41.6 Å². The Hall–Kier alpha value is -0.770. The van der Waals surface area contributed by atoms with Crippen LogP contribution < -0.4 is 5.32 Å². The molecule has 1 saturated carbocycles. The van der Waals surface area contributed by atoms with Crippen LogP contribution in [0.15, 0.2) is 0 Å². The van der Waals surface area contributed by atoms with Gasteiger partial charge in [0.1, 0.15) is 5.60 Å². The van der Waals surface area contributed by atoms with Crippen LogP contribution in [0.1, 0.15) is 79.6 Å². The number of nitrogens with zero attached hydrogens (tertiary/aromatic N) is 1. The number of carbonyl (C=O) groups is 1. The van der Waals surface area contributed by atoms with Gasteiger partial charge in [-0.3, -0.25) is 0 Å². The van der Waals surface area contributed by atoms with Gasteiger partial charge in [-0.25, -0.2) is 4.79 Å². The van der Waals surface area contributed by atoms with Crippen molar-refractivity contribution in [1.29, 1.82) is 0 Å². The highest BCUT2D eigenvalue weighted by Gasteiger charge is 2.46. The van der Waals surface area contributed by atoms with Crippen LogP contribution in [0.5, 0.6) is 0 Å². The molecule has 2 fully saturated rings. The molecule has 1 atom stereocenters. The molecule has 1 amide bonds. The van der Waals surface area contributed by atoms with Crippen molar-refractivity contribution in [3.63, 3.8) is 0 Å². The fourth-order valence-corrected chi connectivity index (χ4v) is 4.06. The minimum Gasteiger partial charge on any atom is -0.444 e. The van der Waals surface area contributed by atoms with E-state index in [-0.39, 0.29) is 11.6 Å². The van der Waals surface area contributed by atoms with Gasteiger partial charge in [0.05, 0.1) is 0 Å². The zero-order valence-corrected chi connectivity index (χ0v) is 15.8. The number of piperidine rings is 1. The summed E-state index contributed by atoms with van der Waals surface area (Å²) in [5.74, 6) is 0.668. The second-order valence-corrected chi connectivity index (χ2v) is 8.91. The number of amides is 1. The highest BCUT2D eigenvalue weighted by atomic mass is 16.6. The quantitative estimate of drug-likeness (QED) is 0.840. The number of rotatable bonds is 3. The standard InChI is InChI=1S/C19H36N2O2/c1-15(2)14-20-16-9-12-21(17(22)23-18(3,4)5)19(13-16)10-7-6-8-11-19/h15-16,20H,6-14H2,1-5H3. The Bertz CT molecular complexity index is 395. The lowest BCUT2D eigenvalue weighted by molar-refractivity contribution is -0.0332. The van der Waals surface area contributed by atoms with Crippen LogP contribution in [0, 0.1) is 5.92 Å². The molecule has 134 valence electrons. The van der Waals surface area contributed by atoms with Crippen molar-refractivity contribution in [3.05, 3.63) is 0 Å². The first kappa shape index (κ1) is 18.6. The van der Waals surface area contributed by atoms with E-state index in [2.05, 4.69) is 24.1 Å². The molecule has 1 saturated heterocycles. The van der Waals surface area contributed by atoms with E-state index < -0.39 is 5.60 Å². The molecular formula is C19H36N2O2. The van der Waals surface area contributed by atoms with Gasteiger partial charge < -0.3 is 15.0 Å². The molecule has 1 aliphatic carbocycles. The van der Waals surface area contributed by atoms with Crippen LogP contribution in [0.25, 0.3) is 0 Å². The molecular weight excluding hydrogens is 288 g/mol. The molecule has 4 heteroatoms. The van der Waals surface area contributed by atoms with Crippen molar-refractivity contribution in [2.75, 3.05) is 13.1 Å². The highest BCUT2D eigenvalue weighted by Crippen LogP contribution is 2.41.